The smallest absolute Gasteiger partial charge is 0.203 e. The second-order valence-corrected chi connectivity index (χ2v) is 3.83. The molecule has 0 aliphatic rings. The Hall–Kier alpha value is -1.22. The molecule has 2 aromatic rings. The molecule has 0 saturated heterocycles. The highest BCUT2D eigenvalue weighted by molar-refractivity contribution is 6.17. The molecular formula is C11H14ClN3. The largest absolute Gasteiger partial charge is 0.356 e. The lowest BCUT2D eigenvalue weighted by molar-refractivity contribution is 0.902. The van der Waals surface area contributed by atoms with E-state index in [4.69, 9.17) is 11.6 Å². The molecule has 15 heavy (non-hydrogen) atoms. The van der Waals surface area contributed by atoms with Gasteiger partial charge in [-0.1, -0.05) is 12.1 Å². The SMILES string of the molecule is Cn1c(NCCCCl)nc2ccccc21. The summed E-state index contributed by atoms with van der Waals surface area (Å²) in [6, 6.07) is 8.10. The molecule has 1 aromatic heterocycles. The normalized spacial score (nSPS) is 10.8. The number of nitrogens with one attached hydrogen (secondary N) is 1. The van der Waals surface area contributed by atoms with Gasteiger partial charge in [-0.05, 0) is 18.6 Å². The zero-order valence-corrected chi connectivity index (χ0v) is 9.46. The van der Waals surface area contributed by atoms with Gasteiger partial charge in [0, 0.05) is 19.5 Å². The highest BCUT2D eigenvalue weighted by atomic mass is 35.5. The summed E-state index contributed by atoms with van der Waals surface area (Å²) in [5, 5.41) is 3.27. The van der Waals surface area contributed by atoms with Crippen molar-refractivity contribution in [2.45, 2.75) is 6.42 Å². The standard InChI is InChI=1S/C11H14ClN3/c1-15-10-6-3-2-5-9(10)14-11(15)13-8-4-7-12/h2-3,5-6H,4,7-8H2,1H3,(H,13,14). The van der Waals surface area contributed by atoms with Gasteiger partial charge < -0.3 is 9.88 Å². The first-order chi connectivity index (χ1) is 7.33. The van der Waals surface area contributed by atoms with Crippen LogP contribution in [0.4, 0.5) is 5.95 Å². The summed E-state index contributed by atoms with van der Waals surface area (Å²) in [4.78, 5) is 4.49. The molecule has 1 heterocycles. The molecule has 3 nitrogen and oxygen atoms in total. The first-order valence-corrected chi connectivity index (χ1v) is 5.57. The van der Waals surface area contributed by atoms with Crippen molar-refractivity contribution < 1.29 is 0 Å². The van der Waals surface area contributed by atoms with Crippen LogP contribution in [0.2, 0.25) is 0 Å². The number of rotatable bonds is 4. The maximum absolute atomic E-state index is 5.62. The predicted molar refractivity (Wildman–Crippen MR) is 64.5 cm³/mol. The van der Waals surface area contributed by atoms with Crippen molar-refractivity contribution in [1.82, 2.24) is 9.55 Å². The monoisotopic (exact) mass is 223 g/mol. The molecule has 0 bridgehead atoms. The van der Waals surface area contributed by atoms with Gasteiger partial charge in [-0.2, -0.15) is 0 Å². The lowest BCUT2D eigenvalue weighted by Crippen LogP contribution is -2.06. The molecule has 1 N–H and O–H groups in total. The van der Waals surface area contributed by atoms with E-state index < -0.39 is 0 Å². The Balaban J connectivity index is 2.24. The number of alkyl halides is 1. The van der Waals surface area contributed by atoms with E-state index in [1.165, 1.54) is 0 Å². The van der Waals surface area contributed by atoms with E-state index in [1.807, 2.05) is 25.2 Å². The van der Waals surface area contributed by atoms with E-state index in [9.17, 15) is 0 Å². The van der Waals surface area contributed by atoms with Crippen molar-refractivity contribution >= 4 is 28.6 Å². The number of hydrogen-bond acceptors (Lipinski definition) is 2. The highest BCUT2D eigenvalue weighted by Gasteiger charge is 2.05. The van der Waals surface area contributed by atoms with E-state index in [1.54, 1.807) is 0 Å². The van der Waals surface area contributed by atoms with Gasteiger partial charge in [-0.25, -0.2) is 4.98 Å². The topological polar surface area (TPSA) is 29.9 Å². The van der Waals surface area contributed by atoms with Crippen molar-refractivity contribution in [3.63, 3.8) is 0 Å². The summed E-state index contributed by atoms with van der Waals surface area (Å²) >= 11 is 5.62. The Morgan fingerprint density at radius 1 is 1.40 bits per heavy atom. The molecule has 0 spiro atoms. The van der Waals surface area contributed by atoms with Gasteiger partial charge >= 0.3 is 0 Å². The maximum atomic E-state index is 5.62. The fourth-order valence-corrected chi connectivity index (χ4v) is 1.70. The van der Waals surface area contributed by atoms with Crippen LogP contribution in [-0.4, -0.2) is 22.0 Å². The lowest BCUT2D eigenvalue weighted by atomic mass is 10.3. The van der Waals surface area contributed by atoms with Crippen molar-refractivity contribution in [3.05, 3.63) is 24.3 Å². The van der Waals surface area contributed by atoms with Crippen LogP contribution in [0.25, 0.3) is 11.0 Å². The Morgan fingerprint density at radius 3 is 2.93 bits per heavy atom. The van der Waals surface area contributed by atoms with E-state index >= 15 is 0 Å². The van der Waals surface area contributed by atoms with Crippen LogP contribution in [0.3, 0.4) is 0 Å². The first kappa shape index (κ1) is 10.3. The second-order valence-electron chi connectivity index (χ2n) is 3.45. The van der Waals surface area contributed by atoms with Crippen LogP contribution in [0.1, 0.15) is 6.42 Å². The van der Waals surface area contributed by atoms with E-state index in [2.05, 4.69) is 20.9 Å². The Bertz CT molecular complexity index is 450. The average molecular weight is 224 g/mol. The number of benzene rings is 1. The number of nitrogens with zero attached hydrogens (tertiary/aromatic N) is 2. The fourth-order valence-electron chi connectivity index (χ4n) is 1.57. The zero-order valence-electron chi connectivity index (χ0n) is 8.70. The summed E-state index contributed by atoms with van der Waals surface area (Å²) in [6.07, 6.45) is 0.949. The molecule has 0 saturated carbocycles. The Morgan fingerprint density at radius 2 is 2.20 bits per heavy atom. The van der Waals surface area contributed by atoms with Crippen LogP contribution in [0.5, 0.6) is 0 Å². The summed E-state index contributed by atoms with van der Waals surface area (Å²) < 4.78 is 2.06. The first-order valence-electron chi connectivity index (χ1n) is 5.04. The minimum atomic E-state index is 0.678. The van der Waals surface area contributed by atoms with Crippen molar-refractivity contribution in [2.75, 3.05) is 17.7 Å². The molecule has 0 fully saturated rings. The molecule has 0 aliphatic heterocycles. The minimum Gasteiger partial charge on any atom is -0.356 e. The summed E-state index contributed by atoms with van der Waals surface area (Å²) in [5.41, 5.74) is 2.17. The number of aryl methyl sites for hydroxylation is 1. The van der Waals surface area contributed by atoms with Gasteiger partial charge in [-0.3, -0.25) is 0 Å². The molecule has 80 valence electrons. The van der Waals surface area contributed by atoms with Gasteiger partial charge in [0.1, 0.15) is 0 Å². The molecule has 0 radical (unpaired) electrons. The molecule has 1 aromatic carbocycles. The summed E-state index contributed by atoms with van der Waals surface area (Å²) in [6.45, 7) is 0.862. The predicted octanol–water partition coefficient (Wildman–Crippen LogP) is 2.61. The van der Waals surface area contributed by atoms with Crippen LogP contribution in [0, 0.1) is 0 Å². The molecular weight excluding hydrogens is 210 g/mol. The minimum absolute atomic E-state index is 0.678. The van der Waals surface area contributed by atoms with Crippen molar-refractivity contribution in [3.8, 4) is 0 Å². The van der Waals surface area contributed by atoms with Gasteiger partial charge in [0.15, 0.2) is 0 Å². The third-order valence-electron chi connectivity index (χ3n) is 2.38. The number of halogens is 1. The molecule has 4 heteroatoms. The zero-order chi connectivity index (χ0) is 10.7. The number of hydrogen-bond donors (Lipinski definition) is 1. The van der Waals surface area contributed by atoms with E-state index in [0.717, 1.165) is 29.9 Å². The third-order valence-corrected chi connectivity index (χ3v) is 2.65. The Kier molecular flexibility index (Phi) is 3.11. The van der Waals surface area contributed by atoms with Crippen LogP contribution >= 0.6 is 11.6 Å². The fraction of sp³-hybridized carbons (Fsp3) is 0.364. The Labute approximate surface area is 94.1 Å². The number of para-hydroxylation sites is 2. The average Bonchev–Trinajstić information content (AvgIpc) is 2.57. The molecule has 2 rings (SSSR count). The van der Waals surface area contributed by atoms with Gasteiger partial charge in [0.2, 0.25) is 5.95 Å². The molecule has 0 unspecified atom stereocenters. The second kappa shape index (κ2) is 4.53. The van der Waals surface area contributed by atoms with Crippen LogP contribution in [-0.2, 0) is 7.05 Å². The van der Waals surface area contributed by atoms with Crippen molar-refractivity contribution in [1.29, 1.82) is 0 Å². The molecule has 0 atom stereocenters. The number of fused-ring (bicyclic) bond motifs is 1. The molecule has 0 amide bonds. The van der Waals surface area contributed by atoms with E-state index in [-0.39, 0.29) is 0 Å². The van der Waals surface area contributed by atoms with E-state index in [0.29, 0.717) is 5.88 Å². The van der Waals surface area contributed by atoms with Gasteiger partial charge in [0.05, 0.1) is 11.0 Å². The number of anilines is 1. The van der Waals surface area contributed by atoms with Crippen LogP contribution in [0.15, 0.2) is 24.3 Å². The summed E-state index contributed by atoms with van der Waals surface area (Å²) in [5.74, 6) is 1.58. The van der Waals surface area contributed by atoms with Crippen molar-refractivity contribution in [2.24, 2.45) is 7.05 Å². The molecule has 0 aliphatic carbocycles. The number of aromatic nitrogens is 2. The lowest BCUT2D eigenvalue weighted by Gasteiger charge is -2.04. The highest BCUT2D eigenvalue weighted by Crippen LogP contribution is 2.17. The number of imidazole rings is 1. The van der Waals surface area contributed by atoms with Gasteiger partial charge in [-0.15, -0.1) is 11.6 Å². The summed E-state index contributed by atoms with van der Waals surface area (Å²) in [7, 11) is 2.01. The third kappa shape index (κ3) is 2.07. The van der Waals surface area contributed by atoms with Gasteiger partial charge in [0.25, 0.3) is 0 Å². The maximum Gasteiger partial charge on any atom is 0.203 e. The quantitative estimate of drug-likeness (QED) is 0.638. The van der Waals surface area contributed by atoms with Crippen LogP contribution < -0.4 is 5.32 Å².